The standard InChI is InChI=1S/C16H27N5O2P2/c1-12-4-3-5-13(12)9-25(11-22)7-6-15-18-14-8-20(2)19-16(14)21(15)10-23-24-17/h8,12-13,24-25H,3-7,9-10,17H2,1-2H3. The van der Waals surface area contributed by atoms with Gasteiger partial charge in [0, 0.05) is 13.5 Å². The van der Waals surface area contributed by atoms with E-state index >= 15 is 0 Å². The number of nitrogens with zero attached hydrogens (tertiary/aromatic N) is 4. The van der Waals surface area contributed by atoms with Crippen molar-refractivity contribution in [3.63, 3.8) is 0 Å². The van der Waals surface area contributed by atoms with Crippen LogP contribution in [0.4, 0.5) is 0 Å². The SMILES string of the molecule is CC1CCCC1C[PH](=C=O)CCc1nc2cn(C)nc2n1COPN. The van der Waals surface area contributed by atoms with Crippen LogP contribution in [0.2, 0.25) is 0 Å². The summed E-state index contributed by atoms with van der Waals surface area (Å²) in [5.41, 5.74) is 9.52. The minimum Gasteiger partial charge on any atom is -0.326 e. The molecule has 2 heterocycles. The third-order valence-electron chi connectivity index (χ3n) is 5.23. The Morgan fingerprint density at radius 2 is 2.36 bits per heavy atom. The van der Waals surface area contributed by atoms with Gasteiger partial charge in [0.15, 0.2) is 5.65 Å². The Labute approximate surface area is 150 Å². The molecule has 1 fully saturated rings. The average Bonchev–Trinajstić information content (AvgIpc) is 3.24. The molecule has 0 bridgehead atoms. The van der Waals surface area contributed by atoms with Gasteiger partial charge in [0.2, 0.25) is 0 Å². The molecule has 4 atom stereocenters. The second-order valence-corrected chi connectivity index (χ2v) is 9.78. The van der Waals surface area contributed by atoms with Crippen molar-refractivity contribution in [1.82, 2.24) is 19.3 Å². The lowest BCUT2D eigenvalue weighted by molar-refractivity contribution is 0.271. The highest BCUT2D eigenvalue weighted by Crippen LogP contribution is 2.38. The van der Waals surface area contributed by atoms with Crippen molar-refractivity contribution in [2.24, 2.45) is 24.4 Å². The van der Waals surface area contributed by atoms with E-state index in [4.69, 9.17) is 10.0 Å². The molecule has 9 heteroatoms. The van der Waals surface area contributed by atoms with Crippen LogP contribution in [0.15, 0.2) is 6.20 Å². The lowest BCUT2D eigenvalue weighted by atomic mass is 10.0. The number of rotatable bonds is 8. The molecule has 1 saturated carbocycles. The number of hydrogen-bond acceptors (Lipinski definition) is 5. The van der Waals surface area contributed by atoms with Gasteiger partial charge >= 0.3 is 0 Å². The predicted octanol–water partition coefficient (Wildman–Crippen LogP) is 2.47. The highest BCUT2D eigenvalue weighted by molar-refractivity contribution is 7.56. The molecule has 0 amide bonds. The summed E-state index contributed by atoms with van der Waals surface area (Å²) in [5.74, 6) is 2.38. The van der Waals surface area contributed by atoms with Crippen molar-refractivity contribution in [3.8, 4) is 0 Å². The molecule has 2 aromatic rings. The van der Waals surface area contributed by atoms with Gasteiger partial charge < -0.3 is 4.52 Å². The number of hydrogen-bond donors (Lipinski definition) is 1. The van der Waals surface area contributed by atoms with E-state index in [0.717, 1.165) is 41.7 Å². The third kappa shape index (κ3) is 4.42. The Morgan fingerprint density at radius 1 is 1.52 bits per heavy atom. The summed E-state index contributed by atoms with van der Waals surface area (Å²) in [4.78, 5) is 16.2. The zero-order valence-corrected chi connectivity index (χ0v) is 16.9. The molecule has 3 rings (SSSR count). The molecule has 0 aromatic carbocycles. The lowest BCUT2D eigenvalue weighted by Crippen LogP contribution is -2.10. The van der Waals surface area contributed by atoms with E-state index in [2.05, 4.69) is 22.7 Å². The van der Waals surface area contributed by atoms with Crippen LogP contribution in [0.1, 0.15) is 32.0 Å². The maximum absolute atomic E-state index is 11.5. The van der Waals surface area contributed by atoms with Gasteiger partial charge in [0.05, 0.1) is 15.2 Å². The number of aromatic nitrogens is 4. The summed E-state index contributed by atoms with van der Waals surface area (Å²) in [6.07, 6.45) is 8.46. The van der Waals surface area contributed by atoms with Crippen LogP contribution >= 0.6 is 16.5 Å². The quantitative estimate of drug-likeness (QED) is 0.708. The average molecular weight is 383 g/mol. The molecule has 1 aliphatic carbocycles. The topological polar surface area (TPSA) is 88.0 Å². The fourth-order valence-corrected chi connectivity index (χ4v) is 6.14. The maximum Gasteiger partial charge on any atom is 0.183 e. The Kier molecular flexibility index (Phi) is 6.49. The fourth-order valence-electron chi connectivity index (χ4n) is 3.78. The van der Waals surface area contributed by atoms with Crippen molar-refractivity contribution in [1.29, 1.82) is 0 Å². The van der Waals surface area contributed by atoms with E-state index in [1.165, 1.54) is 19.3 Å². The fraction of sp³-hybridized carbons (Fsp3) is 0.688. The van der Waals surface area contributed by atoms with Gasteiger partial charge in [-0.05, 0) is 38.1 Å². The smallest absolute Gasteiger partial charge is 0.183 e. The first-order valence-corrected chi connectivity index (χ1v) is 11.7. The number of imidazole rings is 1. The first-order chi connectivity index (χ1) is 12.1. The van der Waals surface area contributed by atoms with Crippen LogP contribution in [-0.4, -0.2) is 37.3 Å². The van der Waals surface area contributed by atoms with E-state index in [9.17, 15) is 4.79 Å². The second kappa shape index (κ2) is 8.62. The van der Waals surface area contributed by atoms with Crippen LogP contribution in [0.5, 0.6) is 0 Å². The highest BCUT2D eigenvalue weighted by Gasteiger charge is 2.24. The minimum absolute atomic E-state index is 0.0712. The van der Waals surface area contributed by atoms with Crippen molar-refractivity contribution in [3.05, 3.63) is 12.0 Å². The van der Waals surface area contributed by atoms with Gasteiger partial charge in [0.1, 0.15) is 23.7 Å². The van der Waals surface area contributed by atoms with Crippen LogP contribution in [0, 0.1) is 11.8 Å². The summed E-state index contributed by atoms with van der Waals surface area (Å²) in [6, 6.07) is 0. The monoisotopic (exact) mass is 383 g/mol. The van der Waals surface area contributed by atoms with E-state index in [1.54, 1.807) is 4.68 Å². The summed E-state index contributed by atoms with van der Waals surface area (Å²) < 4.78 is 9.12. The zero-order valence-electron chi connectivity index (χ0n) is 14.9. The molecule has 0 saturated heterocycles. The van der Waals surface area contributed by atoms with Crippen molar-refractivity contribution < 1.29 is 9.32 Å². The normalized spacial score (nSPS) is 22.2. The molecule has 1 aliphatic rings. The molecule has 0 radical (unpaired) electrons. The molecular formula is C16H27N5O2P2. The molecule has 138 valence electrons. The molecule has 4 unspecified atom stereocenters. The Balaban J connectivity index is 1.70. The Bertz CT molecular complexity index is 781. The molecule has 2 aromatic heterocycles. The molecule has 25 heavy (non-hydrogen) atoms. The van der Waals surface area contributed by atoms with Crippen molar-refractivity contribution in [2.45, 2.75) is 39.3 Å². The molecule has 0 spiro atoms. The number of nitrogens with two attached hydrogens (primary N) is 1. The van der Waals surface area contributed by atoms with E-state index in [1.807, 2.05) is 17.8 Å². The van der Waals surface area contributed by atoms with E-state index < -0.39 is 7.55 Å². The molecule has 0 aliphatic heterocycles. The Morgan fingerprint density at radius 3 is 3.04 bits per heavy atom. The number of fused-ring (bicyclic) bond motifs is 1. The third-order valence-corrected chi connectivity index (χ3v) is 7.68. The highest BCUT2D eigenvalue weighted by atomic mass is 31.1. The second-order valence-electron chi connectivity index (χ2n) is 6.94. The first-order valence-electron chi connectivity index (χ1n) is 8.81. The van der Waals surface area contributed by atoms with Crippen molar-refractivity contribution >= 4 is 33.3 Å². The van der Waals surface area contributed by atoms with Gasteiger partial charge in [-0.1, -0.05) is 19.8 Å². The molecule has 2 N–H and O–H groups in total. The lowest BCUT2D eigenvalue weighted by Gasteiger charge is -2.16. The zero-order chi connectivity index (χ0) is 17.8. The number of aryl methyl sites for hydroxylation is 2. The first kappa shape index (κ1) is 18.8. The molecular weight excluding hydrogens is 356 g/mol. The molecule has 7 nitrogen and oxygen atoms in total. The van der Waals surface area contributed by atoms with Gasteiger partial charge in [-0.25, -0.2) is 9.78 Å². The predicted molar refractivity (Wildman–Crippen MR) is 104 cm³/mol. The van der Waals surface area contributed by atoms with Crippen LogP contribution in [0.25, 0.3) is 11.2 Å². The van der Waals surface area contributed by atoms with Crippen LogP contribution < -0.4 is 5.50 Å². The van der Waals surface area contributed by atoms with E-state index in [0.29, 0.717) is 12.6 Å². The Hall–Kier alpha value is -0.960. The summed E-state index contributed by atoms with van der Waals surface area (Å²) in [5, 5.41) is 4.46. The minimum atomic E-state index is -1.11. The van der Waals surface area contributed by atoms with Crippen LogP contribution in [0.3, 0.4) is 0 Å². The maximum atomic E-state index is 11.5. The summed E-state index contributed by atoms with van der Waals surface area (Å²) >= 11 is 0. The van der Waals surface area contributed by atoms with E-state index in [-0.39, 0.29) is 8.96 Å². The van der Waals surface area contributed by atoms with Crippen molar-refractivity contribution in [2.75, 3.05) is 12.3 Å². The van der Waals surface area contributed by atoms with Gasteiger partial charge in [0.25, 0.3) is 0 Å². The van der Waals surface area contributed by atoms with Gasteiger partial charge in [-0.15, -0.1) is 0 Å². The van der Waals surface area contributed by atoms with Gasteiger partial charge in [-0.3, -0.25) is 14.8 Å². The number of carbonyl (C=O) groups excluding carboxylic acids is 1. The summed E-state index contributed by atoms with van der Waals surface area (Å²) in [6.45, 7) is 2.67. The van der Waals surface area contributed by atoms with Crippen LogP contribution in [-0.2, 0) is 29.5 Å². The summed E-state index contributed by atoms with van der Waals surface area (Å²) in [7, 11) is 0.696. The van der Waals surface area contributed by atoms with Gasteiger partial charge in [-0.2, -0.15) is 5.10 Å². The largest absolute Gasteiger partial charge is 0.326 e.